The van der Waals surface area contributed by atoms with Crippen LogP contribution in [-0.2, 0) is 43.6 Å². The van der Waals surface area contributed by atoms with Gasteiger partial charge in [0.25, 0.3) is 0 Å². The van der Waals surface area contributed by atoms with Crippen molar-refractivity contribution in [2.45, 2.75) is 83.1 Å². The molecule has 1 fully saturated rings. The number of likely N-dealkylation sites (tertiary alicyclic amines) is 1. The number of ether oxygens (including phenoxy) is 3. The van der Waals surface area contributed by atoms with Crippen molar-refractivity contribution >= 4 is 11.8 Å². The van der Waals surface area contributed by atoms with E-state index in [0.717, 1.165) is 36.0 Å². The van der Waals surface area contributed by atoms with E-state index in [1.807, 2.05) is 91.0 Å². The molecule has 0 radical (unpaired) electrons. The summed E-state index contributed by atoms with van der Waals surface area (Å²) in [6.45, 7) is 7.63. The van der Waals surface area contributed by atoms with Crippen molar-refractivity contribution in [3.05, 3.63) is 120 Å². The minimum absolute atomic E-state index is 0.147. The molecule has 7 nitrogen and oxygen atoms in total. The van der Waals surface area contributed by atoms with Crippen molar-refractivity contribution in [2.24, 2.45) is 0 Å². The van der Waals surface area contributed by atoms with Gasteiger partial charge in [-0.1, -0.05) is 117 Å². The standard InChI is InChI=1S/C37H46N2O5/c1-3-5-16-24-38-37(41)34-36(44-27-31-21-14-9-15-22-31)35(43-26-30-19-12-8-13-20-30)32(39(34)33(40)23-6-4-2)28-42-25-29-17-10-7-11-18-29/h4,7-15,17-22,32,34-36H,2-3,5-6,16,23-28H2,1H3,(H,38,41)/t32-,34-,35-,36-/m0/s1. The molecule has 2 amide bonds. The van der Waals surface area contributed by atoms with Crippen molar-refractivity contribution in [3.63, 3.8) is 0 Å². The third-order valence-electron chi connectivity index (χ3n) is 7.84. The van der Waals surface area contributed by atoms with Crippen molar-refractivity contribution in [1.29, 1.82) is 0 Å². The van der Waals surface area contributed by atoms with Crippen LogP contribution >= 0.6 is 0 Å². The molecule has 1 N–H and O–H groups in total. The van der Waals surface area contributed by atoms with E-state index in [9.17, 15) is 9.59 Å². The molecule has 3 aromatic rings. The molecule has 3 aromatic carbocycles. The highest BCUT2D eigenvalue weighted by atomic mass is 16.5. The maximum Gasteiger partial charge on any atom is 0.245 e. The zero-order valence-corrected chi connectivity index (χ0v) is 25.8. The Bertz CT molecular complexity index is 1270. The van der Waals surface area contributed by atoms with Crippen molar-refractivity contribution in [3.8, 4) is 0 Å². The molecule has 0 aromatic heterocycles. The average Bonchev–Trinajstić information content (AvgIpc) is 3.38. The Morgan fingerprint density at radius 2 is 1.34 bits per heavy atom. The fourth-order valence-corrected chi connectivity index (χ4v) is 5.56. The first-order valence-electron chi connectivity index (χ1n) is 15.7. The van der Waals surface area contributed by atoms with Crippen LogP contribution in [0.5, 0.6) is 0 Å². The summed E-state index contributed by atoms with van der Waals surface area (Å²) in [5, 5.41) is 3.10. The number of nitrogens with zero attached hydrogens (tertiary/aromatic N) is 1. The van der Waals surface area contributed by atoms with Gasteiger partial charge in [0.1, 0.15) is 18.2 Å². The maximum absolute atomic E-state index is 14.0. The average molecular weight is 599 g/mol. The molecule has 1 heterocycles. The molecule has 1 aliphatic rings. The van der Waals surface area contributed by atoms with Crippen LogP contribution in [0.25, 0.3) is 0 Å². The van der Waals surface area contributed by atoms with E-state index in [-0.39, 0.29) is 31.4 Å². The van der Waals surface area contributed by atoms with Crippen molar-refractivity contribution < 1.29 is 23.8 Å². The molecule has 0 spiro atoms. The third kappa shape index (κ3) is 9.61. The van der Waals surface area contributed by atoms with E-state index >= 15 is 0 Å². The van der Waals surface area contributed by atoms with Crippen molar-refractivity contribution in [1.82, 2.24) is 10.2 Å². The highest BCUT2D eigenvalue weighted by Crippen LogP contribution is 2.33. The predicted octanol–water partition coefficient (Wildman–Crippen LogP) is 6.23. The smallest absolute Gasteiger partial charge is 0.245 e. The van der Waals surface area contributed by atoms with Crippen LogP contribution in [0.4, 0.5) is 0 Å². The van der Waals surface area contributed by atoms with Gasteiger partial charge in [-0.25, -0.2) is 0 Å². The first kappa shape index (κ1) is 33.1. The highest BCUT2D eigenvalue weighted by Gasteiger charge is 2.55. The lowest BCUT2D eigenvalue weighted by Crippen LogP contribution is -2.53. The molecular formula is C37H46N2O5. The molecule has 44 heavy (non-hydrogen) atoms. The minimum atomic E-state index is -0.872. The number of unbranched alkanes of at least 4 members (excludes halogenated alkanes) is 2. The van der Waals surface area contributed by atoms with E-state index in [2.05, 4.69) is 18.8 Å². The number of hydrogen-bond donors (Lipinski definition) is 1. The lowest BCUT2D eigenvalue weighted by atomic mass is 10.1. The summed E-state index contributed by atoms with van der Waals surface area (Å²) < 4.78 is 19.4. The van der Waals surface area contributed by atoms with E-state index in [0.29, 0.717) is 26.2 Å². The Morgan fingerprint density at radius 3 is 1.89 bits per heavy atom. The van der Waals surface area contributed by atoms with Crippen LogP contribution in [0.2, 0.25) is 0 Å². The molecular weight excluding hydrogens is 552 g/mol. The Labute approximate surface area is 262 Å². The normalized spacial score (nSPS) is 19.5. The van der Waals surface area contributed by atoms with Gasteiger partial charge in [0, 0.05) is 13.0 Å². The topological polar surface area (TPSA) is 77.1 Å². The first-order valence-corrected chi connectivity index (χ1v) is 15.7. The van der Waals surface area contributed by atoms with E-state index < -0.39 is 24.3 Å². The molecule has 1 saturated heterocycles. The van der Waals surface area contributed by atoms with Crippen LogP contribution in [0.1, 0.15) is 55.7 Å². The number of amides is 2. The summed E-state index contributed by atoms with van der Waals surface area (Å²) in [6.07, 6.45) is 4.08. The van der Waals surface area contributed by atoms with Crippen LogP contribution < -0.4 is 5.32 Å². The second-order valence-electron chi connectivity index (χ2n) is 11.2. The summed E-state index contributed by atoms with van der Waals surface area (Å²) in [7, 11) is 0. The van der Waals surface area contributed by atoms with Gasteiger partial charge in [0.2, 0.25) is 11.8 Å². The minimum Gasteiger partial charge on any atom is -0.375 e. The van der Waals surface area contributed by atoms with Crippen molar-refractivity contribution in [2.75, 3.05) is 13.2 Å². The molecule has 0 unspecified atom stereocenters. The number of carbonyl (C=O) groups is 2. The van der Waals surface area contributed by atoms with Crippen LogP contribution in [0, 0.1) is 0 Å². The number of benzene rings is 3. The summed E-state index contributed by atoms with van der Waals surface area (Å²) in [6, 6.07) is 28.3. The van der Waals surface area contributed by atoms with Gasteiger partial charge in [0.05, 0.1) is 32.5 Å². The van der Waals surface area contributed by atoms with Gasteiger partial charge in [-0.15, -0.1) is 6.58 Å². The van der Waals surface area contributed by atoms with E-state index in [1.54, 1.807) is 11.0 Å². The SMILES string of the molecule is C=CCCC(=O)N1[C@H](C(=O)NCCCCC)[C@H](OCc2ccccc2)[C@@H](OCc2ccccc2)[C@@H]1COCc1ccccc1. The number of allylic oxidation sites excluding steroid dienone is 1. The fourth-order valence-electron chi connectivity index (χ4n) is 5.56. The maximum atomic E-state index is 14.0. The largest absolute Gasteiger partial charge is 0.375 e. The van der Waals surface area contributed by atoms with Crippen LogP contribution in [0.15, 0.2) is 104 Å². The van der Waals surface area contributed by atoms with Gasteiger partial charge < -0.3 is 24.4 Å². The lowest BCUT2D eigenvalue weighted by molar-refractivity contribution is -0.144. The zero-order valence-electron chi connectivity index (χ0n) is 25.8. The van der Waals surface area contributed by atoms with Crippen LogP contribution in [-0.4, -0.2) is 54.2 Å². The molecule has 4 rings (SSSR count). The molecule has 7 heteroatoms. The molecule has 234 valence electrons. The summed E-state index contributed by atoms with van der Waals surface area (Å²) in [5.74, 6) is -0.379. The Balaban J connectivity index is 1.67. The van der Waals surface area contributed by atoms with Gasteiger partial charge in [-0.2, -0.15) is 0 Å². The Morgan fingerprint density at radius 1 is 0.795 bits per heavy atom. The summed E-state index contributed by atoms with van der Waals surface area (Å²) in [4.78, 5) is 29.6. The number of nitrogens with one attached hydrogen (secondary N) is 1. The van der Waals surface area contributed by atoms with Gasteiger partial charge >= 0.3 is 0 Å². The Hall–Kier alpha value is -3.78. The quantitative estimate of drug-likeness (QED) is 0.139. The molecule has 0 saturated carbocycles. The molecule has 0 aliphatic carbocycles. The van der Waals surface area contributed by atoms with Crippen LogP contribution in [0.3, 0.4) is 0 Å². The molecule has 0 bridgehead atoms. The monoisotopic (exact) mass is 598 g/mol. The third-order valence-corrected chi connectivity index (χ3v) is 7.84. The lowest BCUT2D eigenvalue weighted by Gasteiger charge is -2.31. The Kier molecular flexibility index (Phi) is 13.6. The number of hydrogen-bond acceptors (Lipinski definition) is 5. The summed E-state index contributed by atoms with van der Waals surface area (Å²) >= 11 is 0. The van der Waals surface area contributed by atoms with E-state index in [1.165, 1.54) is 0 Å². The van der Waals surface area contributed by atoms with Gasteiger partial charge in [-0.05, 0) is 29.5 Å². The van der Waals surface area contributed by atoms with Gasteiger partial charge in [-0.3, -0.25) is 9.59 Å². The second-order valence-corrected chi connectivity index (χ2v) is 11.2. The molecule has 1 aliphatic heterocycles. The highest BCUT2D eigenvalue weighted by molar-refractivity contribution is 5.89. The molecule has 4 atom stereocenters. The number of rotatable bonds is 18. The number of carbonyl (C=O) groups excluding carboxylic acids is 2. The summed E-state index contributed by atoms with van der Waals surface area (Å²) in [5.41, 5.74) is 3.00. The van der Waals surface area contributed by atoms with Gasteiger partial charge in [0.15, 0.2) is 0 Å². The fraction of sp³-hybridized carbons (Fsp3) is 0.405. The van der Waals surface area contributed by atoms with E-state index in [4.69, 9.17) is 14.2 Å². The first-order chi connectivity index (χ1) is 21.6. The second kappa shape index (κ2) is 18.1. The zero-order chi connectivity index (χ0) is 31.0. The predicted molar refractivity (Wildman–Crippen MR) is 173 cm³/mol.